The molecule has 5 heteroatoms. The Kier molecular flexibility index (Phi) is 4.52. The van der Waals surface area contributed by atoms with Crippen molar-refractivity contribution >= 4 is 5.91 Å². The van der Waals surface area contributed by atoms with Crippen LogP contribution in [0.3, 0.4) is 0 Å². The van der Waals surface area contributed by atoms with E-state index in [2.05, 4.69) is 4.90 Å². The van der Waals surface area contributed by atoms with Crippen molar-refractivity contribution in [1.29, 1.82) is 0 Å². The highest BCUT2D eigenvalue weighted by Gasteiger charge is 2.27. The molecule has 104 valence electrons. The standard InChI is InChI=1S/C14H21N3O2/c15-7-10-1-3-11(4-2-10)13(18)9-17-6-5-12(8-17)14(16)19/h1-4,12-13,18H,5-9,15H2,(H2,16,19). The third kappa shape index (κ3) is 3.53. The summed E-state index contributed by atoms with van der Waals surface area (Å²) in [4.78, 5) is 13.2. The molecule has 0 spiro atoms. The zero-order valence-corrected chi connectivity index (χ0v) is 11.0. The third-order valence-corrected chi connectivity index (χ3v) is 3.71. The Bertz CT molecular complexity index is 433. The van der Waals surface area contributed by atoms with E-state index in [4.69, 9.17) is 11.5 Å². The van der Waals surface area contributed by atoms with Gasteiger partial charge in [-0.1, -0.05) is 24.3 Å². The number of primary amides is 1. The van der Waals surface area contributed by atoms with Crippen LogP contribution in [-0.2, 0) is 11.3 Å². The second-order valence-corrected chi connectivity index (χ2v) is 5.11. The molecule has 1 aromatic rings. The number of likely N-dealkylation sites (tertiary alicyclic amines) is 1. The van der Waals surface area contributed by atoms with Crippen LogP contribution in [0.15, 0.2) is 24.3 Å². The maximum atomic E-state index is 11.1. The summed E-state index contributed by atoms with van der Waals surface area (Å²) in [6, 6.07) is 7.65. The van der Waals surface area contributed by atoms with E-state index in [0.29, 0.717) is 19.6 Å². The first kappa shape index (κ1) is 14.0. The summed E-state index contributed by atoms with van der Waals surface area (Å²) >= 11 is 0. The molecule has 1 saturated heterocycles. The third-order valence-electron chi connectivity index (χ3n) is 3.71. The van der Waals surface area contributed by atoms with Crippen molar-refractivity contribution < 1.29 is 9.90 Å². The van der Waals surface area contributed by atoms with Crippen LogP contribution in [0.4, 0.5) is 0 Å². The van der Waals surface area contributed by atoms with Gasteiger partial charge in [0, 0.05) is 19.6 Å². The average molecular weight is 263 g/mol. The molecule has 2 rings (SSSR count). The second-order valence-electron chi connectivity index (χ2n) is 5.11. The van der Waals surface area contributed by atoms with Gasteiger partial charge >= 0.3 is 0 Å². The van der Waals surface area contributed by atoms with E-state index in [-0.39, 0.29) is 11.8 Å². The molecule has 1 fully saturated rings. The highest BCUT2D eigenvalue weighted by molar-refractivity contribution is 5.77. The maximum Gasteiger partial charge on any atom is 0.221 e. The Morgan fingerprint density at radius 3 is 2.63 bits per heavy atom. The molecule has 1 aliphatic rings. The lowest BCUT2D eigenvalue weighted by atomic mass is 10.1. The van der Waals surface area contributed by atoms with Crippen molar-refractivity contribution in [1.82, 2.24) is 4.90 Å². The first-order valence-electron chi connectivity index (χ1n) is 6.58. The van der Waals surface area contributed by atoms with Crippen molar-refractivity contribution in [3.05, 3.63) is 35.4 Å². The quantitative estimate of drug-likeness (QED) is 0.696. The zero-order chi connectivity index (χ0) is 13.8. The molecule has 0 radical (unpaired) electrons. The van der Waals surface area contributed by atoms with Gasteiger partial charge in [-0.05, 0) is 24.1 Å². The van der Waals surface area contributed by atoms with Crippen LogP contribution in [0.2, 0.25) is 0 Å². The van der Waals surface area contributed by atoms with Crippen molar-refractivity contribution in [2.24, 2.45) is 17.4 Å². The lowest BCUT2D eigenvalue weighted by Gasteiger charge is -2.20. The Morgan fingerprint density at radius 2 is 2.11 bits per heavy atom. The number of β-amino-alcohol motifs (C(OH)–C–C–N with tert-alkyl or cyclic N) is 1. The van der Waals surface area contributed by atoms with Gasteiger partial charge in [0.05, 0.1) is 12.0 Å². The van der Waals surface area contributed by atoms with E-state index in [1.807, 2.05) is 24.3 Å². The number of aliphatic hydroxyl groups is 1. The van der Waals surface area contributed by atoms with Crippen LogP contribution in [0.25, 0.3) is 0 Å². The normalized spacial score (nSPS) is 21.5. The van der Waals surface area contributed by atoms with Gasteiger partial charge in [-0.15, -0.1) is 0 Å². The van der Waals surface area contributed by atoms with Crippen LogP contribution >= 0.6 is 0 Å². The molecule has 0 aliphatic carbocycles. The van der Waals surface area contributed by atoms with Gasteiger partial charge < -0.3 is 16.6 Å². The topological polar surface area (TPSA) is 92.6 Å². The summed E-state index contributed by atoms with van der Waals surface area (Å²) in [7, 11) is 0. The number of hydrogen-bond acceptors (Lipinski definition) is 4. The van der Waals surface area contributed by atoms with Gasteiger partial charge in [0.15, 0.2) is 0 Å². The smallest absolute Gasteiger partial charge is 0.221 e. The van der Waals surface area contributed by atoms with E-state index in [9.17, 15) is 9.90 Å². The Balaban J connectivity index is 1.90. The van der Waals surface area contributed by atoms with E-state index in [0.717, 1.165) is 24.1 Å². The summed E-state index contributed by atoms with van der Waals surface area (Å²) in [6.07, 6.45) is 0.243. The van der Waals surface area contributed by atoms with E-state index in [1.165, 1.54) is 0 Å². The molecule has 1 aromatic carbocycles. The Morgan fingerprint density at radius 1 is 1.42 bits per heavy atom. The molecule has 0 bridgehead atoms. The van der Waals surface area contributed by atoms with Gasteiger partial charge in [-0.2, -0.15) is 0 Å². The summed E-state index contributed by atoms with van der Waals surface area (Å²) in [5, 5.41) is 10.2. The van der Waals surface area contributed by atoms with Gasteiger partial charge in [0.2, 0.25) is 5.91 Å². The molecule has 19 heavy (non-hydrogen) atoms. The largest absolute Gasteiger partial charge is 0.387 e. The summed E-state index contributed by atoms with van der Waals surface area (Å²) < 4.78 is 0. The first-order valence-corrected chi connectivity index (χ1v) is 6.58. The molecule has 1 amide bonds. The fraction of sp³-hybridized carbons (Fsp3) is 0.500. The van der Waals surface area contributed by atoms with Gasteiger partial charge in [0.1, 0.15) is 0 Å². The summed E-state index contributed by atoms with van der Waals surface area (Å²) in [5.74, 6) is -0.323. The number of hydrogen-bond donors (Lipinski definition) is 3. The second kappa shape index (κ2) is 6.14. The number of carbonyl (C=O) groups excluding carboxylic acids is 1. The minimum absolute atomic E-state index is 0.0770. The van der Waals surface area contributed by atoms with Gasteiger partial charge in [-0.25, -0.2) is 0 Å². The minimum Gasteiger partial charge on any atom is -0.387 e. The fourth-order valence-electron chi connectivity index (χ4n) is 2.46. The maximum absolute atomic E-state index is 11.1. The molecule has 5 nitrogen and oxygen atoms in total. The summed E-state index contributed by atoms with van der Waals surface area (Å²) in [6.45, 7) is 2.49. The molecule has 2 unspecified atom stereocenters. The number of benzene rings is 1. The molecule has 1 aliphatic heterocycles. The molecule has 0 saturated carbocycles. The number of carbonyl (C=O) groups is 1. The highest BCUT2D eigenvalue weighted by atomic mass is 16.3. The van der Waals surface area contributed by atoms with E-state index >= 15 is 0 Å². The lowest BCUT2D eigenvalue weighted by Crippen LogP contribution is -2.30. The Hall–Kier alpha value is -1.43. The van der Waals surface area contributed by atoms with E-state index < -0.39 is 6.10 Å². The van der Waals surface area contributed by atoms with Crippen LogP contribution in [-0.4, -0.2) is 35.5 Å². The van der Waals surface area contributed by atoms with Gasteiger partial charge in [0.25, 0.3) is 0 Å². The van der Waals surface area contributed by atoms with Crippen molar-refractivity contribution in [2.75, 3.05) is 19.6 Å². The number of amides is 1. The first-order chi connectivity index (χ1) is 9.10. The number of nitrogens with two attached hydrogens (primary N) is 2. The molecule has 1 heterocycles. The molecular formula is C14H21N3O2. The number of rotatable bonds is 5. The summed E-state index contributed by atoms with van der Waals surface area (Å²) in [5.41, 5.74) is 12.8. The van der Waals surface area contributed by atoms with Crippen molar-refractivity contribution in [3.63, 3.8) is 0 Å². The molecule has 2 atom stereocenters. The predicted molar refractivity (Wildman–Crippen MR) is 73.0 cm³/mol. The highest BCUT2D eigenvalue weighted by Crippen LogP contribution is 2.20. The average Bonchev–Trinajstić information content (AvgIpc) is 2.87. The number of aliphatic hydroxyl groups excluding tert-OH is 1. The molecule has 5 N–H and O–H groups in total. The molecular weight excluding hydrogens is 242 g/mol. The van der Waals surface area contributed by atoms with Crippen LogP contribution in [0.5, 0.6) is 0 Å². The Labute approximate surface area is 113 Å². The molecule has 0 aromatic heterocycles. The van der Waals surface area contributed by atoms with Crippen molar-refractivity contribution in [2.45, 2.75) is 19.1 Å². The fourth-order valence-corrected chi connectivity index (χ4v) is 2.46. The zero-order valence-electron chi connectivity index (χ0n) is 11.0. The van der Waals surface area contributed by atoms with Crippen LogP contribution in [0, 0.1) is 5.92 Å². The minimum atomic E-state index is -0.543. The van der Waals surface area contributed by atoms with Crippen LogP contribution in [0.1, 0.15) is 23.7 Å². The van der Waals surface area contributed by atoms with Gasteiger partial charge in [-0.3, -0.25) is 9.69 Å². The van der Waals surface area contributed by atoms with Crippen LogP contribution < -0.4 is 11.5 Å². The lowest BCUT2D eigenvalue weighted by molar-refractivity contribution is -0.121. The van der Waals surface area contributed by atoms with E-state index in [1.54, 1.807) is 0 Å². The number of nitrogens with zero attached hydrogens (tertiary/aromatic N) is 1. The SMILES string of the molecule is NCc1ccc(C(O)CN2CCC(C(N)=O)C2)cc1. The predicted octanol–water partition coefficient (Wildman–Crippen LogP) is -0.0141. The van der Waals surface area contributed by atoms with Crippen molar-refractivity contribution in [3.8, 4) is 0 Å². The monoisotopic (exact) mass is 263 g/mol.